The molecule has 0 saturated heterocycles. The molecule has 4 fully saturated rings. The number of hydrogen-bond acceptors (Lipinski definition) is 2. The summed E-state index contributed by atoms with van der Waals surface area (Å²) in [6, 6.07) is 0. The second-order valence-electron chi connectivity index (χ2n) is 10.9. The summed E-state index contributed by atoms with van der Waals surface area (Å²) >= 11 is 0. The molecule has 0 aliphatic heterocycles. The van der Waals surface area contributed by atoms with Crippen LogP contribution in [0.1, 0.15) is 85.5 Å². The van der Waals surface area contributed by atoms with Crippen LogP contribution in [0.2, 0.25) is 0 Å². The Morgan fingerprint density at radius 3 is 2.36 bits per heavy atom. The summed E-state index contributed by atoms with van der Waals surface area (Å²) in [5, 5.41) is 10.5. The van der Waals surface area contributed by atoms with Crippen molar-refractivity contribution in [3.63, 3.8) is 0 Å². The highest BCUT2D eigenvalue weighted by Crippen LogP contribution is 2.64. The molecule has 4 aliphatic rings. The predicted octanol–water partition coefficient (Wildman–Crippen LogP) is 5.23. The van der Waals surface area contributed by atoms with Gasteiger partial charge < -0.3 is 5.11 Å². The van der Waals surface area contributed by atoms with Gasteiger partial charge in [0.15, 0.2) is 0 Å². The second kappa shape index (κ2) is 6.08. The Labute approximate surface area is 154 Å². The molecule has 0 aromatic heterocycles. The van der Waals surface area contributed by atoms with Gasteiger partial charge in [0.2, 0.25) is 0 Å². The molecule has 2 nitrogen and oxygen atoms in total. The fraction of sp³-hybridized carbons (Fsp3) is 0.957. The van der Waals surface area contributed by atoms with Crippen molar-refractivity contribution in [3.05, 3.63) is 0 Å². The minimum absolute atomic E-state index is 0.248. The van der Waals surface area contributed by atoms with Crippen molar-refractivity contribution in [2.45, 2.75) is 91.1 Å². The number of rotatable bonds is 1. The minimum atomic E-state index is -0.419. The first-order valence-electron chi connectivity index (χ1n) is 11.0. The van der Waals surface area contributed by atoms with Crippen LogP contribution in [0, 0.1) is 46.8 Å². The number of Topliss-reactive ketones (excluding diaryl/α,β-unsaturated/α-hetero) is 1. The first-order chi connectivity index (χ1) is 11.7. The zero-order valence-electron chi connectivity index (χ0n) is 16.8. The lowest BCUT2D eigenvalue weighted by Crippen LogP contribution is -2.56. The van der Waals surface area contributed by atoms with E-state index in [1.54, 1.807) is 0 Å². The van der Waals surface area contributed by atoms with Gasteiger partial charge in [-0.25, -0.2) is 0 Å². The van der Waals surface area contributed by atoms with Crippen LogP contribution in [0.5, 0.6) is 0 Å². The van der Waals surface area contributed by atoms with Crippen molar-refractivity contribution < 1.29 is 9.90 Å². The quantitative estimate of drug-likeness (QED) is 0.706. The van der Waals surface area contributed by atoms with Gasteiger partial charge in [-0.05, 0) is 113 Å². The van der Waals surface area contributed by atoms with Crippen LogP contribution < -0.4 is 0 Å². The Bertz CT molecular complexity index is 538. The number of carbonyl (C=O) groups is 1. The maximum absolute atomic E-state index is 12.5. The number of ketones is 1. The van der Waals surface area contributed by atoms with Crippen LogP contribution >= 0.6 is 0 Å². The first-order valence-corrected chi connectivity index (χ1v) is 11.0. The first kappa shape index (κ1) is 18.0. The highest BCUT2D eigenvalue weighted by atomic mass is 16.3. The van der Waals surface area contributed by atoms with Gasteiger partial charge in [0.1, 0.15) is 5.78 Å². The highest BCUT2D eigenvalue weighted by Gasteiger charge is 2.58. The van der Waals surface area contributed by atoms with Crippen molar-refractivity contribution in [1.82, 2.24) is 0 Å². The molecular weight excluding hydrogens is 308 g/mol. The molecule has 9 atom stereocenters. The summed E-state index contributed by atoms with van der Waals surface area (Å²) in [6.07, 6.45) is 11.1. The molecule has 0 heterocycles. The molecule has 25 heavy (non-hydrogen) atoms. The van der Waals surface area contributed by atoms with Crippen LogP contribution in [-0.2, 0) is 4.79 Å². The fourth-order valence-corrected chi connectivity index (χ4v) is 8.48. The number of carbonyl (C=O) groups excluding carboxylic acids is 1. The van der Waals surface area contributed by atoms with E-state index in [4.69, 9.17) is 0 Å². The molecule has 0 spiro atoms. The third kappa shape index (κ3) is 2.82. The molecule has 142 valence electrons. The summed E-state index contributed by atoms with van der Waals surface area (Å²) in [5.41, 5.74) is -0.172. The van der Waals surface area contributed by atoms with Crippen molar-refractivity contribution in [1.29, 1.82) is 0 Å². The van der Waals surface area contributed by atoms with Crippen LogP contribution in [-0.4, -0.2) is 16.5 Å². The summed E-state index contributed by atoms with van der Waals surface area (Å²) in [4.78, 5) is 12.5. The SMILES string of the molecule is CC(=O)[C@@H]1[C@H](C)CC[C@H]2[C@@H]3CC[C@@H]4C[C@](C)(O)CC[C@@H]4[C@H]3CC[C@]12C. The lowest BCUT2D eigenvalue weighted by atomic mass is 9.43. The van der Waals surface area contributed by atoms with Gasteiger partial charge in [0.25, 0.3) is 0 Å². The van der Waals surface area contributed by atoms with Gasteiger partial charge in [-0.2, -0.15) is 0 Å². The van der Waals surface area contributed by atoms with Gasteiger partial charge in [-0.3, -0.25) is 4.79 Å². The van der Waals surface area contributed by atoms with Crippen molar-refractivity contribution >= 4 is 5.78 Å². The van der Waals surface area contributed by atoms with E-state index in [2.05, 4.69) is 13.8 Å². The largest absolute Gasteiger partial charge is 0.390 e. The molecule has 4 aliphatic carbocycles. The molecule has 4 rings (SSSR count). The summed E-state index contributed by atoms with van der Waals surface area (Å²) in [5.74, 6) is 5.37. The van der Waals surface area contributed by atoms with E-state index < -0.39 is 5.60 Å². The zero-order valence-corrected chi connectivity index (χ0v) is 16.8. The Hall–Kier alpha value is -0.370. The Morgan fingerprint density at radius 2 is 1.64 bits per heavy atom. The van der Waals surface area contributed by atoms with Crippen molar-refractivity contribution in [2.24, 2.45) is 46.8 Å². The van der Waals surface area contributed by atoms with Gasteiger partial charge in [0.05, 0.1) is 5.60 Å². The molecule has 4 saturated carbocycles. The van der Waals surface area contributed by atoms with Gasteiger partial charge in [-0.15, -0.1) is 0 Å². The molecular formula is C23H38O2. The van der Waals surface area contributed by atoms with E-state index in [0.29, 0.717) is 11.7 Å². The molecule has 0 aromatic rings. The van der Waals surface area contributed by atoms with Gasteiger partial charge in [0, 0.05) is 5.92 Å². The third-order valence-electron chi connectivity index (χ3n) is 9.33. The second-order valence-corrected chi connectivity index (χ2v) is 10.9. The number of fused-ring (bicyclic) bond motifs is 5. The molecule has 0 amide bonds. The van der Waals surface area contributed by atoms with Crippen LogP contribution in [0.25, 0.3) is 0 Å². The lowest BCUT2D eigenvalue weighted by Gasteiger charge is -2.61. The standard InChI is InChI=1S/C23H38O2/c1-14-5-8-20-19-7-6-16-13-22(3,25)11-9-17(16)18(19)10-12-23(20,4)21(14)15(2)24/h14,16-21,25H,5-13H2,1-4H3/t14-,16-,17+,18-,19-,20+,21+,22-,23+/m1/s1. The lowest BCUT2D eigenvalue weighted by molar-refractivity contribution is -0.153. The van der Waals surface area contributed by atoms with E-state index in [1.165, 1.54) is 44.9 Å². The summed E-state index contributed by atoms with van der Waals surface area (Å²) in [7, 11) is 0. The Morgan fingerprint density at radius 1 is 0.920 bits per heavy atom. The van der Waals surface area contributed by atoms with E-state index in [-0.39, 0.29) is 11.3 Å². The predicted molar refractivity (Wildman–Crippen MR) is 101 cm³/mol. The van der Waals surface area contributed by atoms with E-state index in [9.17, 15) is 9.90 Å². The highest BCUT2D eigenvalue weighted by molar-refractivity contribution is 5.79. The fourth-order valence-electron chi connectivity index (χ4n) is 8.48. The molecule has 0 unspecified atom stereocenters. The maximum atomic E-state index is 12.5. The molecule has 0 bridgehead atoms. The van der Waals surface area contributed by atoms with E-state index >= 15 is 0 Å². The molecule has 0 radical (unpaired) electrons. The molecule has 0 aromatic carbocycles. The molecule has 1 N–H and O–H groups in total. The van der Waals surface area contributed by atoms with Crippen molar-refractivity contribution in [3.8, 4) is 0 Å². The van der Waals surface area contributed by atoms with Crippen LogP contribution in [0.15, 0.2) is 0 Å². The third-order valence-corrected chi connectivity index (χ3v) is 9.33. The van der Waals surface area contributed by atoms with Gasteiger partial charge in [-0.1, -0.05) is 13.8 Å². The monoisotopic (exact) mass is 346 g/mol. The van der Waals surface area contributed by atoms with E-state index in [1.807, 2.05) is 13.8 Å². The smallest absolute Gasteiger partial charge is 0.133 e. The minimum Gasteiger partial charge on any atom is -0.390 e. The van der Waals surface area contributed by atoms with Gasteiger partial charge >= 0.3 is 0 Å². The van der Waals surface area contributed by atoms with Crippen LogP contribution in [0.3, 0.4) is 0 Å². The maximum Gasteiger partial charge on any atom is 0.133 e. The number of aliphatic hydroxyl groups is 1. The average Bonchev–Trinajstić information content (AvgIpc) is 2.51. The number of hydrogen-bond donors (Lipinski definition) is 1. The van der Waals surface area contributed by atoms with Crippen LogP contribution in [0.4, 0.5) is 0 Å². The molecule has 2 heteroatoms. The normalized spacial score (nSPS) is 55.6. The average molecular weight is 347 g/mol. The van der Waals surface area contributed by atoms with Crippen molar-refractivity contribution in [2.75, 3.05) is 0 Å². The van der Waals surface area contributed by atoms with E-state index in [0.717, 1.165) is 42.4 Å². The topological polar surface area (TPSA) is 37.3 Å². The Balaban J connectivity index is 1.58. The zero-order chi connectivity index (χ0) is 18.0. The Kier molecular flexibility index (Phi) is 4.38. The summed E-state index contributed by atoms with van der Waals surface area (Å²) < 4.78 is 0. The summed E-state index contributed by atoms with van der Waals surface area (Å²) in [6.45, 7) is 8.68.